The third kappa shape index (κ3) is 1.33. The smallest absolute Gasteiger partial charge is 0.150 e. The van der Waals surface area contributed by atoms with Crippen LogP contribution in [0.25, 0.3) is 0 Å². The van der Waals surface area contributed by atoms with Crippen LogP contribution in [0.5, 0.6) is 11.5 Å². The maximum atomic E-state index is 10.7. The first kappa shape index (κ1) is 10.5. The number of aldehydes is 1. The Morgan fingerprint density at radius 3 is 2.14 bits per heavy atom. The maximum Gasteiger partial charge on any atom is 0.150 e. The molecule has 0 bridgehead atoms. The van der Waals surface area contributed by atoms with Crippen LogP contribution >= 0.6 is 0 Å². The lowest BCUT2D eigenvalue weighted by Crippen LogP contribution is -1.99. The Balaban J connectivity index is 3.65. The van der Waals surface area contributed by atoms with E-state index in [2.05, 4.69) is 0 Å². The number of rotatable bonds is 2. The number of carbonyl (C=O) groups is 1. The monoisotopic (exact) mass is 196 g/mol. The van der Waals surface area contributed by atoms with Gasteiger partial charge in [0.1, 0.15) is 11.5 Å². The molecule has 1 aromatic rings. The largest absolute Gasteiger partial charge is 0.507 e. The maximum absolute atomic E-state index is 10.7. The Kier molecular flexibility index (Phi) is 2.76. The van der Waals surface area contributed by atoms with E-state index in [-0.39, 0.29) is 28.2 Å². The molecule has 0 saturated carbocycles. The number of aromatic hydroxyl groups is 2. The molecule has 0 radical (unpaired) electrons. The first-order valence-corrected chi connectivity index (χ1v) is 4.14. The van der Waals surface area contributed by atoms with Crippen LogP contribution in [0, 0.1) is 13.8 Å². The highest BCUT2D eigenvalue weighted by Crippen LogP contribution is 2.35. The molecule has 0 fully saturated rings. The van der Waals surface area contributed by atoms with Crippen molar-refractivity contribution in [1.82, 2.24) is 0 Å². The molecule has 0 atom stereocenters. The highest BCUT2D eigenvalue weighted by atomic mass is 16.3. The molecule has 1 aromatic carbocycles. The summed E-state index contributed by atoms with van der Waals surface area (Å²) < 4.78 is 0. The molecular weight excluding hydrogens is 184 g/mol. The lowest BCUT2D eigenvalue weighted by molar-refractivity contribution is 0.111. The predicted molar refractivity (Wildman–Crippen MR) is 50.6 cm³/mol. The highest BCUT2D eigenvalue weighted by molar-refractivity contribution is 5.83. The third-order valence-electron chi connectivity index (χ3n) is 2.36. The number of hydrogen-bond acceptors (Lipinski definition) is 4. The van der Waals surface area contributed by atoms with Crippen LogP contribution in [0.4, 0.5) is 0 Å². The minimum atomic E-state index is -0.429. The number of hydrogen-bond donors (Lipinski definition) is 3. The van der Waals surface area contributed by atoms with Gasteiger partial charge in [-0.2, -0.15) is 0 Å². The molecule has 4 nitrogen and oxygen atoms in total. The summed E-state index contributed by atoms with van der Waals surface area (Å²) in [4.78, 5) is 10.7. The van der Waals surface area contributed by atoms with Gasteiger partial charge in [-0.3, -0.25) is 4.79 Å². The van der Waals surface area contributed by atoms with Gasteiger partial charge in [-0.25, -0.2) is 0 Å². The summed E-state index contributed by atoms with van der Waals surface area (Å²) in [5.74, 6) is -0.334. The fraction of sp³-hybridized carbons (Fsp3) is 0.300. The summed E-state index contributed by atoms with van der Waals surface area (Å²) in [6, 6.07) is 0. The van der Waals surface area contributed by atoms with Crippen LogP contribution in [0.15, 0.2) is 0 Å². The zero-order valence-corrected chi connectivity index (χ0v) is 8.03. The quantitative estimate of drug-likeness (QED) is 0.617. The lowest BCUT2D eigenvalue weighted by Gasteiger charge is -2.13. The number of phenolic OH excluding ortho intramolecular Hbond substituents is 1. The summed E-state index contributed by atoms with van der Waals surface area (Å²) >= 11 is 0. The fourth-order valence-corrected chi connectivity index (χ4v) is 1.42. The first-order chi connectivity index (χ1) is 6.54. The minimum absolute atomic E-state index is 0.109. The molecule has 14 heavy (non-hydrogen) atoms. The molecule has 0 amide bonds. The Morgan fingerprint density at radius 2 is 1.71 bits per heavy atom. The van der Waals surface area contributed by atoms with E-state index < -0.39 is 6.61 Å². The second-order valence-electron chi connectivity index (χ2n) is 3.12. The van der Waals surface area contributed by atoms with Gasteiger partial charge in [0.25, 0.3) is 0 Å². The average Bonchev–Trinajstić information content (AvgIpc) is 2.20. The van der Waals surface area contributed by atoms with E-state index in [4.69, 9.17) is 5.11 Å². The summed E-state index contributed by atoms with van der Waals surface area (Å²) in [6.45, 7) is 2.65. The summed E-state index contributed by atoms with van der Waals surface area (Å²) in [7, 11) is 0. The van der Waals surface area contributed by atoms with Gasteiger partial charge in [0.15, 0.2) is 6.29 Å². The minimum Gasteiger partial charge on any atom is -0.507 e. The van der Waals surface area contributed by atoms with Crippen LogP contribution < -0.4 is 0 Å². The zero-order chi connectivity index (χ0) is 10.9. The van der Waals surface area contributed by atoms with Gasteiger partial charge in [0, 0.05) is 22.3 Å². The molecule has 0 unspecified atom stereocenters. The lowest BCUT2D eigenvalue weighted by atomic mass is 9.97. The Bertz CT molecular complexity index is 382. The summed E-state index contributed by atoms with van der Waals surface area (Å²) in [6.07, 6.45) is 0.514. The van der Waals surface area contributed by atoms with Crippen LogP contribution in [0.2, 0.25) is 0 Å². The first-order valence-electron chi connectivity index (χ1n) is 4.14. The van der Waals surface area contributed by atoms with Gasteiger partial charge < -0.3 is 15.3 Å². The number of benzene rings is 1. The number of phenols is 2. The second-order valence-corrected chi connectivity index (χ2v) is 3.12. The van der Waals surface area contributed by atoms with Gasteiger partial charge in [-0.05, 0) is 13.8 Å². The van der Waals surface area contributed by atoms with E-state index in [0.29, 0.717) is 11.8 Å². The van der Waals surface area contributed by atoms with Gasteiger partial charge in [0.05, 0.1) is 6.61 Å². The van der Waals surface area contributed by atoms with E-state index in [0.717, 1.165) is 0 Å². The number of carbonyl (C=O) groups excluding carboxylic acids is 1. The van der Waals surface area contributed by atoms with E-state index in [1.165, 1.54) is 6.92 Å². The summed E-state index contributed by atoms with van der Waals surface area (Å²) in [5.41, 5.74) is 0.956. The standard InChI is InChI=1S/C10H12O4/c1-5-7(3-11)8(4-12)10(14)6(2)9(5)13/h3,12-14H,4H2,1-2H3. The molecule has 0 heterocycles. The van der Waals surface area contributed by atoms with Crippen molar-refractivity contribution in [3.8, 4) is 11.5 Å². The van der Waals surface area contributed by atoms with Crippen molar-refractivity contribution in [2.75, 3.05) is 0 Å². The third-order valence-corrected chi connectivity index (χ3v) is 2.36. The van der Waals surface area contributed by atoms with Crippen molar-refractivity contribution in [2.24, 2.45) is 0 Å². The number of aliphatic hydroxyl groups excluding tert-OH is 1. The Morgan fingerprint density at radius 1 is 1.14 bits per heavy atom. The molecule has 0 aliphatic rings. The van der Waals surface area contributed by atoms with Crippen molar-refractivity contribution >= 4 is 6.29 Å². The van der Waals surface area contributed by atoms with Gasteiger partial charge in [-0.15, -0.1) is 0 Å². The van der Waals surface area contributed by atoms with Crippen LogP contribution in [0.1, 0.15) is 27.0 Å². The predicted octanol–water partition coefficient (Wildman–Crippen LogP) is 1.02. The summed E-state index contributed by atoms with van der Waals surface area (Å²) in [5, 5.41) is 28.0. The molecule has 0 spiro atoms. The molecule has 0 aliphatic carbocycles. The molecule has 1 rings (SSSR count). The van der Waals surface area contributed by atoms with E-state index >= 15 is 0 Å². The van der Waals surface area contributed by atoms with Crippen LogP contribution in [-0.2, 0) is 6.61 Å². The molecule has 0 saturated heterocycles. The fourth-order valence-electron chi connectivity index (χ4n) is 1.42. The molecule has 76 valence electrons. The Labute approximate surface area is 81.4 Å². The van der Waals surface area contributed by atoms with Gasteiger partial charge >= 0.3 is 0 Å². The molecule has 3 N–H and O–H groups in total. The SMILES string of the molecule is Cc1c(O)c(C)c(C=O)c(CO)c1O. The van der Waals surface area contributed by atoms with E-state index in [1.807, 2.05) is 0 Å². The van der Waals surface area contributed by atoms with Crippen molar-refractivity contribution in [2.45, 2.75) is 20.5 Å². The zero-order valence-electron chi connectivity index (χ0n) is 8.03. The van der Waals surface area contributed by atoms with Crippen LogP contribution in [-0.4, -0.2) is 21.6 Å². The molecule has 0 aliphatic heterocycles. The topological polar surface area (TPSA) is 77.8 Å². The Hall–Kier alpha value is -1.55. The highest BCUT2D eigenvalue weighted by Gasteiger charge is 2.17. The number of aliphatic hydroxyl groups is 1. The van der Waals surface area contributed by atoms with Gasteiger partial charge in [0.2, 0.25) is 0 Å². The molecular formula is C10H12O4. The van der Waals surface area contributed by atoms with Crippen molar-refractivity contribution in [3.63, 3.8) is 0 Å². The van der Waals surface area contributed by atoms with E-state index in [1.54, 1.807) is 6.92 Å². The van der Waals surface area contributed by atoms with Gasteiger partial charge in [-0.1, -0.05) is 0 Å². The van der Waals surface area contributed by atoms with E-state index in [9.17, 15) is 15.0 Å². The van der Waals surface area contributed by atoms with Crippen molar-refractivity contribution in [1.29, 1.82) is 0 Å². The second kappa shape index (κ2) is 3.67. The normalized spacial score (nSPS) is 10.2. The van der Waals surface area contributed by atoms with Crippen molar-refractivity contribution in [3.05, 3.63) is 22.3 Å². The van der Waals surface area contributed by atoms with Crippen LogP contribution in [0.3, 0.4) is 0 Å². The molecule has 0 aromatic heterocycles. The average molecular weight is 196 g/mol. The van der Waals surface area contributed by atoms with Crippen molar-refractivity contribution < 1.29 is 20.1 Å². The molecule has 4 heteroatoms.